The zero-order valence-corrected chi connectivity index (χ0v) is 16.8. The second kappa shape index (κ2) is 7.55. The van der Waals surface area contributed by atoms with Crippen LogP contribution in [0.3, 0.4) is 0 Å². The molecule has 1 heterocycles. The molecule has 30 heavy (non-hydrogen) atoms. The summed E-state index contributed by atoms with van der Waals surface area (Å²) in [6, 6.07) is 5.26. The molecule has 1 N–H and O–H groups in total. The highest BCUT2D eigenvalue weighted by atomic mass is 35.5. The van der Waals surface area contributed by atoms with E-state index in [1.165, 1.54) is 25.3 Å². The van der Waals surface area contributed by atoms with Crippen LogP contribution in [0, 0.1) is 11.6 Å². The van der Waals surface area contributed by atoms with Crippen LogP contribution in [0.4, 0.5) is 22.0 Å². The average molecular weight is 467 g/mol. The van der Waals surface area contributed by atoms with Gasteiger partial charge in [-0.05, 0) is 30.3 Å². The number of methoxy groups -OCH3 is 1. The Balaban J connectivity index is 2.27. The van der Waals surface area contributed by atoms with Crippen LogP contribution in [0.5, 0.6) is 5.75 Å². The summed E-state index contributed by atoms with van der Waals surface area (Å²) < 4.78 is 96.4. The third-order valence-electron chi connectivity index (χ3n) is 4.06. The zero-order valence-electron chi connectivity index (χ0n) is 15.2. The smallest absolute Gasteiger partial charge is 0.449 e. The molecule has 12 heteroatoms. The van der Waals surface area contributed by atoms with E-state index >= 15 is 0 Å². The highest BCUT2D eigenvalue weighted by Gasteiger charge is 2.36. The maximum atomic E-state index is 14.3. The van der Waals surface area contributed by atoms with Crippen molar-refractivity contribution >= 4 is 21.4 Å². The van der Waals surface area contributed by atoms with E-state index in [-0.39, 0.29) is 22.0 Å². The number of ether oxygens (including phenoxy) is 1. The summed E-state index contributed by atoms with van der Waals surface area (Å²) in [4.78, 5) is 4.33. The lowest BCUT2D eigenvalue weighted by Gasteiger charge is -2.09. The van der Waals surface area contributed by atoms with E-state index in [0.717, 1.165) is 0 Å². The van der Waals surface area contributed by atoms with E-state index in [4.69, 9.17) is 16.3 Å². The minimum Gasteiger partial charge on any atom is -0.495 e. The summed E-state index contributed by atoms with van der Waals surface area (Å²) >= 11 is 6.03. The third kappa shape index (κ3) is 4.12. The summed E-state index contributed by atoms with van der Waals surface area (Å²) in [7, 11) is -2.90. The van der Waals surface area contributed by atoms with Crippen molar-refractivity contribution in [3.63, 3.8) is 0 Å². The van der Waals surface area contributed by atoms with Crippen molar-refractivity contribution in [1.82, 2.24) is 9.97 Å². The molecule has 0 aliphatic rings. The number of halogens is 6. The number of nitrogens with one attached hydrogen (secondary N) is 1. The van der Waals surface area contributed by atoms with E-state index in [1.807, 2.05) is 0 Å². The van der Waals surface area contributed by atoms with Crippen LogP contribution in [0.25, 0.3) is 22.5 Å². The number of H-pyrrole nitrogens is 1. The van der Waals surface area contributed by atoms with Gasteiger partial charge < -0.3 is 9.72 Å². The lowest BCUT2D eigenvalue weighted by molar-refractivity contribution is -0.144. The van der Waals surface area contributed by atoms with Crippen molar-refractivity contribution in [3.05, 3.63) is 52.8 Å². The van der Waals surface area contributed by atoms with Gasteiger partial charge in [-0.2, -0.15) is 13.2 Å². The number of rotatable bonds is 4. The first-order valence-electron chi connectivity index (χ1n) is 8.03. The molecular weight excluding hydrogens is 455 g/mol. The highest BCUT2D eigenvalue weighted by molar-refractivity contribution is 7.90. The van der Waals surface area contributed by atoms with E-state index < -0.39 is 49.6 Å². The summed E-state index contributed by atoms with van der Waals surface area (Å²) in [5.74, 6) is -4.06. The lowest BCUT2D eigenvalue weighted by atomic mass is 10.0. The molecule has 0 saturated carbocycles. The number of hydrogen-bond acceptors (Lipinski definition) is 4. The Kier molecular flexibility index (Phi) is 5.54. The Morgan fingerprint density at radius 1 is 1.07 bits per heavy atom. The molecular formula is C18H12ClF5N2O3S. The highest BCUT2D eigenvalue weighted by Crippen LogP contribution is 2.39. The summed E-state index contributed by atoms with van der Waals surface area (Å²) in [6.45, 7) is 0. The number of aromatic amines is 1. The monoisotopic (exact) mass is 466 g/mol. The van der Waals surface area contributed by atoms with Crippen molar-refractivity contribution in [1.29, 1.82) is 0 Å². The Hall–Kier alpha value is -2.66. The van der Waals surface area contributed by atoms with Crippen molar-refractivity contribution in [2.24, 2.45) is 0 Å². The number of imidazole rings is 1. The predicted molar refractivity (Wildman–Crippen MR) is 99.0 cm³/mol. The minimum absolute atomic E-state index is 0.0777. The van der Waals surface area contributed by atoms with Gasteiger partial charge in [-0.15, -0.1) is 0 Å². The maximum absolute atomic E-state index is 14.3. The molecule has 0 amide bonds. The van der Waals surface area contributed by atoms with Gasteiger partial charge in [0.1, 0.15) is 22.3 Å². The summed E-state index contributed by atoms with van der Waals surface area (Å²) in [6.07, 6.45) is -4.28. The van der Waals surface area contributed by atoms with Gasteiger partial charge in [0.05, 0.1) is 23.5 Å². The Labute approximate surface area is 172 Å². The molecule has 0 aliphatic heterocycles. The van der Waals surface area contributed by atoms with Gasteiger partial charge >= 0.3 is 6.18 Å². The summed E-state index contributed by atoms with van der Waals surface area (Å²) in [5, 5.41) is 0.0777. The lowest BCUT2D eigenvalue weighted by Crippen LogP contribution is -2.07. The number of sulfone groups is 1. The van der Waals surface area contributed by atoms with Crippen LogP contribution in [-0.2, 0) is 16.0 Å². The third-order valence-corrected chi connectivity index (χ3v) is 5.48. The van der Waals surface area contributed by atoms with E-state index in [1.54, 1.807) is 0 Å². The second-order valence-electron chi connectivity index (χ2n) is 6.20. The van der Waals surface area contributed by atoms with Crippen LogP contribution >= 0.6 is 11.6 Å². The molecule has 2 aromatic carbocycles. The van der Waals surface area contributed by atoms with Gasteiger partial charge in [-0.3, -0.25) is 0 Å². The molecule has 3 aromatic rings. The quantitative estimate of drug-likeness (QED) is 0.543. The number of aromatic nitrogens is 2. The fourth-order valence-corrected chi connectivity index (χ4v) is 3.88. The number of alkyl halides is 3. The van der Waals surface area contributed by atoms with Gasteiger partial charge in [0.15, 0.2) is 9.84 Å². The van der Waals surface area contributed by atoms with Crippen LogP contribution in [0.2, 0.25) is 5.02 Å². The molecule has 0 atom stereocenters. The molecule has 0 fully saturated rings. The Morgan fingerprint density at radius 2 is 1.67 bits per heavy atom. The maximum Gasteiger partial charge on any atom is 0.449 e. The molecule has 0 radical (unpaired) electrons. The van der Waals surface area contributed by atoms with E-state index in [2.05, 4.69) is 9.97 Å². The fourth-order valence-electron chi connectivity index (χ4n) is 2.80. The largest absolute Gasteiger partial charge is 0.495 e. The summed E-state index contributed by atoms with van der Waals surface area (Å²) in [5.41, 5.74) is -0.933. The van der Waals surface area contributed by atoms with Crippen LogP contribution in [-0.4, -0.2) is 31.8 Å². The SMILES string of the molecule is COc1ccc(-c2[nH]c(C(F)(F)F)nc2-c2cc(F)c(S(C)(=O)=O)c(F)c2)cc1Cl. The van der Waals surface area contributed by atoms with Gasteiger partial charge in [0, 0.05) is 17.4 Å². The van der Waals surface area contributed by atoms with E-state index in [9.17, 15) is 30.4 Å². The average Bonchev–Trinajstić information content (AvgIpc) is 3.05. The number of benzene rings is 2. The molecule has 0 bridgehead atoms. The first-order chi connectivity index (χ1) is 13.8. The molecule has 0 saturated heterocycles. The standard InChI is InChI=1S/C18H12ClF5N2O3S/c1-29-13-4-3-8(5-10(13)19)14-15(26-17(25-14)18(22,23)24)9-6-11(20)16(12(21)7-9)30(2,27)28/h3-7H,1-2H3,(H,25,26). The van der Waals surface area contributed by atoms with Crippen LogP contribution in [0.15, 0.2) is 35.2 Å². The first-order valence-corrected chi connectivity index (χ1v) is 10.3. The van der Waals surface area contributed by atoms with Crippen molar-refractivity contribution < 1.29 is 35.1 Å². The second-order valence-corrected chi connectivity index (χ2v) is 8.56. The van der Waals surface area contributed by atoms with Crippen molar-refractivity contribution in [2.75, 3.05) is 13.4 Å². The van der Waals surface area contributed by atoms with Crippen molar-refractivity contribution in [2.45, 2.75) is 11.1 Å². The van der Waals surface area contributed by atoms with Crippen LogP contribution < -0.4 is 4.74 Å². The Bertz CT molecular complexity index is 1220. The molecule has 5 nitrogen and oxygen atoms in total. The molecule has 0 spiro atoms. The number of hydrogen-bond donors (Lipinski definition) is 1. The van der Waals surface area contributed by atoms with Crippen molar-refractivity contribution in [3.8, 4) is 28.3 Å². The number of nitrogens with zero attached hydrogens (tertiary/aromatic N) is 1. The zero-order chi connectivity index (χ0) is 22.4. The minimum atomic E-state index is -4.88. The van der Waals surface area contributed by atoms with Gasteiger partial charge in [0.25, 0.3) is 0 Å². The molecule has 1 aromatic heterocycles. The van der Waals surface area contributed by atoms with Gasteiger partial charge in [-0.1, -0.05) is 11.6 Å². The molecule has 3 rings (SSSR count). The van der Waals surface area contributed by atoms with Gasteiger partial charge in [0.2, 0.25) is 5.82 Å². The molecule has 0 unspecified atom stereocenters. The normalized spacial score (nSPS) is 12.3. The fraction of sp³-hybridized carbons (Fsp3) is 0.167. The first kappa shape index (κ1) is 22.0. The topological polar surface area (TPSA) is 72.0 Å². The predicted octanol–water partition coefficient (Wildman–Crippen LogP) is 5.11. The molecule has 160 valence electrons. The molecule has 0 aliphatic carbocycles. The Morgan fingerprint density at radius 3 is 2.13 bits per heavy atom. The van der Waals surface area contributed by atoms with Gasteiger partial charge in [-0.25, -0.2) is 22.2 Å². The van der Waals surface area contributed by atoms with Crippen LogP contribution in [0.1, 0.15) is 5.82 Å². The van der Waals surface area contributed by atoms with E-state index in [0.29, 0.717) is 18.4 Å².